The van der Waals surface area contributed by atoms with Crippen molar-refractivity contribution >= 4 is 12.1 Å². The molecule has 0 aromatic heterocycles. The predicted octanol–water partition coefficient (Wildman–Crippen LogP) is 2.24. The van der Waals surface area contributed by atoms with E-state index in [9.17, 15) is 9.59 Å². The van der Waals surface area contributed by atoms with Crippen LogP contribution in [0.2, 0.25) is 0 Å². The molecule has 0 aliphatic heterocycles. The van der Waals surface area contributed by atoms with Gasteiger partial charge in [-0.2, -0.15) is 0 Å². The number of rotatable bonds is 2. The lowest BCUT2D eigenvalue weighted by Gasteiger charge is -2.29. The summed E-state index contributed by atoms with van der Waals surface area (Å²) < 4.78 is 9.94. The van der Waals surface area contributed by atoms with Gasteiger partial charge in [-0.1, -0.05) is 6.42 Å². The summed E-state index contributed by atoms with van der Waals surface area (Å²) in [6.07, 6.45) is 2.84. The van der Waals surface area contributed by atoms with E-state index in [-0.39, 0.29) is 17.9 Å². The maximum atomic E-state index is 11.6. The number of nitrogens with one attached hydrogen (secondary N) is 1. The molecule has 18 heavy (non-hydrogen) atoms. The first-order chi connectivity index (χ1) is 8.31. The van der Waals surface area contributed by atoms with Crippen LogP contribution < -0.4 is 5.32 Å². The SMILES string of the molecule is COC(=O)[C@H]1CCC[C@H](NC(=O)OC(C)(C)C)C1. The maximum Gasteiger partial charge on any atom is 0.407 e. The third-order valence-corrected chi connectivity index (χ3v) is 2.93. The van der Waals surface area contributed by atoms with Crippen LogP contribution in [-0.2, 0) is 14.3 Å². The number of ether oxygens (including phenoxy) is 2. The van der Waals surface area contributed by atoms with E-state index in [0.29, 0.717) is 6.42 Å². The van der Waals surface area contributed by atoms with E-state index in [1.807, 2.05) is 20.8 Å². The van der Waals surface area contributed by atoms with Crippen LogP contribution in [0.25, 0.3) is 0 Å². The van der Waals surface area contributed by atoms with E-state index in [0.717, 1.165) is 19.3 Å². The summed E-state index contributed by atoms with van der Waals surface area (Å²) >= 11 is 0. The normalized spacial score (nSPS) is 24.2. The second-order valence-corrected chi connectivity index (χ2v) is 5.73. The molecule has 0 spiro atoms. The van der Waals surface area contributed by atoms with Gasteiger partial charge in [0.2, 0.25) is 0 Å². The fraction of sp³-hybridized carbons (Fsp3) is 0.846. The van der Waals surface area contributed by atoms with Crippen LogP contribution in [-0.4, -0.2) is 30.8 Å². The second-order valence-electron chi connectivity index (χ2n) is 5.73. The van der Waals surface area contributed by atoms with Crippen LogP contribution >= 0.6 is 0 Å². The predicted molar refractivity (Wildman–Crippen MR) is 67.1 cm³/mol. The number of hydrogen-bond acceptors (Lipinski definition) is 4. The van der Waals surface area contributed by atoms with Crippen LogP contribution in [0.3, 0.4) is 0 Å². The summed E-state index contributed by atoms with van der Waals surface area (Å²) in [4.78, 5) is 23.1. The van der Waals surface area contributed by atoms with E-state index in [1.54, 1.807) is 0 Å². The van der Waals surface area contributed by atoms with Crippen molar-refractivity contribution in [2.45, 2.75) is 58.1 Å². The van der Waals surface area contributed by atoms with Gasteiger partial charge >= 0.3 is 12.1 Å². The maximum absolute atomic E-state index is 11.6. The molecule has 5 heteroatoms. The van der Waals surface area contributed by atoms with Gasteiger partial charge in [0.15, 0.2) is 0 Å². The average Bonchev–Trinajstić information content (AvgIpc) is 2.25. The third kappa shape index (κ3) is 4.94. The summed E-state index contributed by atoms with van der Waals surface area (Å²) in [6, 6.07) is -0.00213. The van der Waals surface area contributed by atoms with Crippen molar-refractivity contribution in [2.75, 3.05) is 7.11 Å². The van der Waals surface area contributed by atoms with Gasteiger partial charge in [-0.05, 0) is 40.0 Å². The summed E-state index contributed by atoms with van der Waals surface area (Å²) in [7, 11) is 1.40. The molecule has 1 amide bonds. The van der Waals surface area contributed by atoms with Crippen LogP contribution in [0.15, 0.2) is 0 Å². The molecule has 1 aliphatic carbocycles. The van der Waals surface area contributed by atoms with E-state index in [1.165, 1.54) is 7.11 Å². The Morgan fingerprint density at radius 2 is 1.89 bits per heavy atom. The van der Waals surface area contributed by atoms with E-state index in [2.05, 4.69) is 5.32 Å². The molecule has 1 rings (SSSR count). The molecule has 1 saturated carbocycles. The minimum Gasteiger partial charge on any atom is -0.469 e. The van der Waals surface area contributed by atoms with E-state index in [4.69, 9.17) is 9.47 Å². The van der Waals surface area contributed by atoms with Crippen molar-refractivity contribution in [3.63, 3.8) is 0 Å². The minimum absolute atomic E-state index is 0.00213. The van der Waals surface area contributed by atoms with Gasteiger partial charge in [0.25, 0.3) is 0 Å². The highest BCUT2D eigenvalue weighted by Crippen LogP contribution is 2.25. The van der Waals surface area contributed by atoms with Crippen molar-refractivity contribution in [3.8, 4) is 0 Å². The average molecular weight is 257 g/mol. The van der Waals surface area contributed by atoms with Crippen molar-refractivity contribution in [2.24, 2.45) is 5.92 Å². The number of carbonyl (C=O) groups excluding carboxylic acids is 2. The molecule has 0 unspecified atom stereocenters. The van der Waals surface area contributed by atoms with Crippen LogP contribution in [0.1, 0.15) is 46.5 Å². The lowest BCUT2D eigenvalue weighted by Crippen LogP contribution is -2.42. The monoisotopic (exact) mass is 257 g/mol. The largest absolute Gasteiger partial charge is 0.469 e. The Kier molecular flexibility index (Phi) is 4.99. The number of alkyl carbamates (subject to hydrolysis) is 1. The quantitative estimate of drug-likeness (QED) is 0.770. The Bertz CT molecular complexity index is 309. The summed E-state index contributed by atoms with van der Waals surface area (Å²) in [5.74, 6) is -0.297. The van der Waals surface area contributed by atoms with Crippen molar-refractivity contribution in [1.29, 1.82) is 0 Å². The van der Waals surface area contributed by atoms with Gasteiger partial charge in [-0.15, -0.1) is 0 Å². The van der Waals surface area contributed by atoms with Crippen molar-refractivity contribution < 1.29 is 19.1 Å². The number of amides is 1. The molecule has 0 bridgehead atoms. The van der Waals surface area contributed by atoms with Gasteiger partial charge < -0.3 is 14.8 Å². The smallest absolute Gasteiger partial charge is 0.407 e. The molecule has 1 N–H and O–H groups in total. The van der Waals surface area contributed by atoms with Crippen LogP contribution in [0.4, 0.5) is 4.79 Å². The lowest BCUT2D eigenvalue weighted by molar-refractivity contribution is -0.146. The highest BCUT2D eigenvalue weighted by molar-refractivity contribution is 5.73. The first-order valence-electron chi connectivity index (χ1n) is 6.39. The van der Waals surface area contributed by atoms with E-state index < -0.39 is 11.7 Å². The van der Waals surface area contributed by atoms with Gasteiger partial charge in [0, 0.05) is 6.04 Å². The molecule has 1 aliphatic rings. The molecule has 1 fully saturated rings. The summed E-state index contributed by atoms with van der Waals surface area (Å²) in [6.45, 7) is 5.47. The number of esters is 1. The topological polar surface area (TPSA) is 64.6 Å². The first kappa shape index (κ1) is 14.8. The number of carbonyl (C=O) groups is 2. The molecule has 0 saturated heterocycles. The first-order valence-corrected chi connectivity index (χ1v) is 6.39. The van der Waals surface area contributed by atoms with Crippen molar-refractivity contribution in [3.05, 3.63) is 0 Å². The Hall–Kier alpha value is -1.26. The molecule has 5 nitrogen and oxygen atoms in total. The van der Waals surface area contributed by atoms with Gasteiger partial charge in [0.1, 0.15) is 5.60 Å². The molecule has 104 valence electrons. The van der Waals surface area contributed by atoms with Gasteiger partial charge in [-0.25, -0.2) is 4.79 Å². The molecule has 2 atom stereocenters. The van der Waals surface area contributed by atoms with Crippen LogP contribution in [0.5, 0.6) is 0 Å². The zero-order valence-electron chi connectivity index (χ0n) is 11.6. The fourth-order valence-corrected chi connectivity index (χ4v) is 2.18. The number of methoxy groups -OCH3 is 1. The molecule has 0 heterocycles. The molecule has 0 aromatic carbocycles. The minimum atomic E-state index is -0.500. The highest BCUT2D eigenvalue weighted by atomic mass is 16.6. The Balaban J connectivity index is 2.43. The standard InChI is InChI=1S/C13H23NO4/c1-13(2,3)18-12(16)14-10-7-5-6-9(8-10)11(15)17-4/h9-10H,5-8H2,1-4H3,(H,14,16)/t9-,10-/m0/s1. The third-order valence-electron chi connectivity index (χ3n) is 2.93. The molecule has 0 aromatic rings. The Morgan fingerprint density at radius 3 is 2.44 bits per heavy atom. The zero-order valence-corrected chi connectivity index (χ0v) is 11.6. The molecular weight excluding hydrogens is 234 g/mol. The molecule has 0 radical (unpaired) electrons. The van der Waals surface area contributed by atoms with Crippen LogP contribution in [0, 0.1) is 5.92 Å². The lowest BCUT2D eigenvalue weighted by atomic mass is 9.86. The number of hydrogen-bond donors (Lipinski definition) is 1. The van der Waals surface area contributed by atoms with Crippen molar-refractivity contribution in [1.82, 2.24) is 5.32 Å². The summed E-state index contributed by atoms with van der Waals surface area (Å²) in [5.41, 5.74) is -0.500. The Labute approximate surface area is 108 Å². The fourth-order valence-electron chi connectivity index (χ4n) is 2.18. The van der Waals surface area contributed by atoms with E-state index >= 15 is 0 Å². The Morgan fingerprint density at radius 1 is 1.22 bits per heavy atom. The van der Waals surface area contributed by atoms with Gasteiger partial charge in [-0.3, -0.25) is 4.79 Å². The summed E-state index contributed by atoms with van der Waals surface area (Å²) in [5, 5.41) is 2.82. The zero-order chi connectivity index (χ0) is 13.8. The van der Waals surface area contributed by atoms with Gasteiger partial charge in [0.05, 0.1) is 13.0 Å². The highest BCUT2D eigenvalue weighted by Gasteiger charge is 2.29. The molecular formula is C13H23NO4. The second kappa shape index (κ2) is 6.07.